The molecule has 0 aromatic heterocycles. The predicted molar refractivity (Wildman–Crippen MR) is 99.9 cm³/mol. The molecule has 0 saturated heterocycles. The van der Waals surface area contributed by atoms with Gasteiger partial charge in [-0.15, -0.1) is 0 Å². The van der Waals surface area contributed by atoms with E-state index in [1.54, 1.807) is 0 Å². The maximum absolute atomic E-state index is 9.41. The fourth-order valence-electron chi connectivity index (χ4n) is 2.60. The summed E-state index contributed by atoms with van der Waals surface area (Å²) in [6, 6.07) is 14.3. The van der Waals surface area contributed by atoms with Crippen molar-refractivity contribution in [2.75, 3.05) is 6.54 Å². The molecule has 4 heteroatoms. The van der Waals surface area contributed by atoms with Crippen molar-refractivity contribution in [3.05, 3.63) is 70.3 Å². The highest BCUT2D eigenvalue weighted by atomic mass is 16.3. The van der Waals surface area contributed by atoms with Crippen LogP contribution in [0.4, 0.5) is 0 Å². The second-order valence-corrected chi connectivity index (χ2v) is 5.91. The van der Waals surface area contributed by atoms with Crippen LogP contribution < -0.4 is 10.6 Å². The molecule has 2 rings (SSSR count). The summed E-state index contributed by atoms with van der Waals surface area (Å²) in [5.41, 5.74) is 5.79. The molecule has 128 valence electrons. The molecule has 0 saturated carbocycles. The fourth-order valence-corrected chi connectivity index (χ4v) is 2.60. The number of aliphatic imine (C=N–C) groups is 1. The Bertz CT molecular complexity index is 695. The molecule has 0 aliphatic rings. The molecule has 0 fully saturated rings. The van der Waals surface area contributed by atoms with Crippen LogP contribution in [0.1, 0.15) is 34.7 Å². The van der Waals surface area contributed by atoms with E-state index in [2.05, 4.69) is 54.6 Å². The van der Waals surface area contributed by atoms with E-state index >= 15 is 0 Å². The van der Waals surface area contributed by atoms with Gasteiger partial charge in [-0.2, -0.15) is 0 Å². The number of guanidine groups is 1. The second-order valence-electron chi connectivity index (χ2n) is 5.91. The molecule has 0 spiro atoms. The number of benzene rings is 2. The van der Waals surface area contributed by atoms with Gasteiger partial charge < -0.3 is 15.7 Å². The summed E-state index contributed by atoms with van der Waals surface area (Å²) < 4.78 is 0. The standard InChI is InChI=1S/C20H27N3O/c1-4-21-20(22-12-17-10-9-15(2)11-16(17)3)23-13-18-7-5-6-8-19(18)14-24/h5-11,24H,4,12-14H2,1-3H3,(H2,21,22,23). The van der Waals surface area contributed by atoms with Crippen LogP contribution in [-0.2, 0) is 19.7 Å². The van der Waals surface area contributed by atoms with E-state index in [1.165, 1.54) is 16.7 Å². The molecule has 2 aromatic carbocycles. The van der Waals surface area contributed by atoms with Crippen LogP contribution in [0.3, 0.4) is 0 Å². The van der Waals surface area contributed by atoms with Gasteiger partial charge in [-0.05, 0) is 43.0 Å². The van der Waals surface area contributed by atoms with E-state index < -0.39 is 0 Å². The Balaban J connectivity index is 2.05. The van der Waals surface area contributed by atoms with Crippen LogP contribution in [0, 0.1) is 13.8 Å². The second kappa shape index (κ2) is 9.08. The van der Waals surface area contributed by atoms with Crippen LogP contribution in [-0.4, -0.2) is 17.6 Å². The quantitative estimate of drug-likeness (QED) is 0.565. The van der Waals surface area contributed by atoms with Gasteiger partial charge in [-0.1, -0.05) is 48.0 Å². The van der Waals surface area contributed by atoms with Crippen molar-refractivity contribution in [2.24, 2.45) is 4.99 Å². The first-order valence-electron chi connectivity index (χ1n) is 8.40. The Morgan fingerprint density at radius 3 is 2.42 bits per heavy atom. The molecule has 0 amide bonds. The first-order valence-corrected chi connectivity index (χ1v) is 8.40. The Morgan fingerprint density at radius 2 is 1.75 bits per heavy atom. The van der Waals surface area contributed by atoms with Gasteiger partial charge in [0.25, 0.3) is 0 Å². The lowest BCUT2D eigenvalue weighted by Crippen LogP contribution is -2.37. The Kier molecular flexibility index (Phi) is 6.82. The van der Waals surface area contributed by atoms with Crippen LogP contribution in [0.15, 0.2) is 47.5 Å². The normalized spacial score (nSPS) is 11.4. The minimum Gasteiger partial charge on any atom is -0.392 e. The lowest BCUT2D eigenvalue weighted by atomic mass is 10.1. The predicted octanol–water partition coefficient (Wildman–Crippen LogP) is 3.05. The van der Waals surface area contributed by atoms with Crippen molar-refractivity contribution < 1.29 is 5.11 Å². The molecule has 0 aliphatic carbocycles. The van der Waals surface area contributed by atoms with Crippen molar-refractivity contribution >= 4 is 5.96 Å². The van der Waals surface area contributed by atoms with E-state index in [0.717, 1.165) is 30.2 Å². The van der Waals surface area contributed by atoms with Gasteiger partial charge in [0.05, 0.1) is 13.2 Å². The van der Waals surface area contributed by atoms with Gasteiger partial charge in [0, 0.05) is 13.1 Å². The maximum atomic E-state index is 9.41. The number of aliphatic hydroxyl groups excluding tert-OH is 1. The molecular weight excluding hydrogens is 298 g/mol. The molecule has 0 atom stereocenters. The smallest absolute Gasteiger partial charge is 0.191 e. The minimum absolute atomic E-state index is 0.0399. The van der Waals surface area contributed by atoms with Gasteiger partial charge in [0.1, 0.15) is 0 Å². The monoisotopic (exact) mass is 325 g/mol. The zero-order valence-corrected chi connectivity index (χ0v) is 14.8. The van der Waals surface area contributed by atoms with E-state index in [9.17, 15) is 5.11 Å². The number of nitrogens with one attached hydrogen (secondary N) is 2. The maximum Gasteiger partial charge on any atom is 0.191 e. The van der Waals surface area contributed by atoms with Crippen molar-refractivity contribution in [3.63, 3.8) is 0 Å². The largest absolute Gasteiger partial charge is 0.392 e. The molecular formula is C20H27N3O. The summed E-state index contributed by atoms with van der Waals surface area (Å²) in [6.07, 6.45) is 0. The van der Waals surface area contributed by atoms with Gasteiger partial charge in [-0.3, -0.25) is 0 Å². The first-order chi connectivity index (χ1) is 11.6. The zero-order valence-electron chi connectivity index (χ0n) is 14.8. The number of hydrogen-bond acceptors (Lipinski definition) is 2. The summed E-state index contributed by atoms with van der Waals surface area (Å²) >= 11 is 0. The molecule has 2 aromatic rings. The van der Waals surface area contributed by atoms with Crippen LogP contribution in [0.25, 0.3) is 0 Å². The fraction of sp³-hybridized carbons (Fsp3) is 0.350. The highest BCUT2D eigenvalue weighted by molar-refractivity contribution is 5.79. The van der Waals surface area contributed by atoms with E-state index in [-0.39, 0.29) is 6.61 Å². The van der Waals surface area contributed by atoms with E-state index in [4.69, 9.17) is 0 Å². The lowest BCUT2D eigenvalue weighted by molar-refractivity contribution is 0.280. The van der Waals surface area contributed by atoms with E-state index in [0.29, 0.717) is 6.54 Å². The van der Waals surface area contributed by atoms with Gasteiger partial charge in [0.15, 0.2) is 5.96 Å². The number of nitrogens with zero attached hydrogens (tertiary/aromatic N) is 1. The Labute approximate surface area is 144 Å². The molecule has 24 heavy (non-hydrogen) atoms. The summed E-state index contributed by atoms with van der Waals surface area (Å²) in [5.74, 6) is 0.783. The number of aliphatic hydroxyl groups is 1. The topological polar surface area (TPSA) is 56.7 Å². The summed E-state index contributed by atoms with van der Waals surface area (Å²) in [5, 5.41) is 16.1. The third-order valence-corrected chi connectivity index (χ3v) is 3.98. The molecule has 0 heterocycles. The van der Waals surface area contributed by atoms with Crippen molar-refractivity contribution in [2.45, 2.75) is 40.5 Å². The molecule has 3 N–H and O–H groups in total. The lowest BCUT2D eigenvalue weighted by Gasteiger charge is -2.13. The summed E-state index contributed by atoms with van der Waals surface area (Å²) in [4.78, 5) is 4.64. The van der Waals surface area contributed by atoms with Crippen LogP contribution in [0.5, 0.6) is 0 Å². The van der Waals surface area contributed by atoms with Crippen LogP contribution >= 0.6 is 0 Å². The van der Waals surface area contributed by atoms with Crippen molar-refractivity contribution in [1.29, 1.82) is 0 Å². The summed E-state index contributed by atoms with van der Waals surface area (Å²) in [7, 11) is 0. The number of rotatable bonds is 6. The summed E-state index contributed by atoms with van der Waals surface area (Å²) in [6.45, 7) is 8.41. The minimum atomic E-state index is 0.0399. The molecule has 0 unspecified atom stereocenters. The van der Waals surface area contributed by atoms with Gasteiger partial charge in [0.2, 0.25) is 0 Å². The highest BCUT2D eigenvalue weighted by Gasteiger charge is 2.03. The molecule has 0 bridgehead atoms. The first kappa shape index (κ1) is 18.0. The molecule has 0 aliphatic heterocycles. The molecule has 4 nitrogen and oxygen atoms in total. The van der Waals surface area contributed by atoms with Gasteiger partial charge in [-0.25, -0.2) is 4.99 Å². The number of hydrogen-bond donors (Lipinski definition) is 3. The average molecular weight is 325 g/mol. The Hall–Kier alpha value is -2.33. The Morgan fingerprint density at radius 1 is 1.00 bits per heavy atom. The van der Waals surface area contributed by atoms with E-state index in [1.807, 2.05) is 24.3 Å². The van der Waals surface area contributed by atoms with Crippen molar-refractivity contribution in [3.8, 4) is 0 Å². The van der Waals surface area contributed by atoms with Gasteiger partial charge >= 0.3 is 0 Å². The van der Waals surface area contributed by atoms with Crippen LogP contribution in [0.2, 0.25) is 0 Å². The third kappa shape index (κ3) is 5.10. The highest BCUT2D eigenvalue weighted by Crippen LogP contribution is 2.11. The molecule has 0 radical (unpaired) electrons. The number of aryl methyl sites for hydroxylation is 2. The third-order valence-electron chi connectivity index (χ3n) is 3.98. The zero-order chi connectivity index (χ0) is 17.4. The average Bonchev–Trinajstić information content (AvgIpc) is 2.59. The van der Waals surface area contributed by atoms with Crippen molar-refractivity contribution in [1.82, 2.24) is 10.6 Å². The SMILES string of the molecule is CCNC(=NCc1ccccc1CO)NCc1ccc(C)cc1C.